The minimum atomic E-state index is -0.239. The molecular weight excluding hydrogens is 284 g/mol. The van der Waals surface area contributed by atoms with Gasteiger partial charge in [-0.1, -0.05) is 0 Å². The molecule has 0 fully saturated rings. The first kappa shape index (κ1) is 14.2. The van der Waals surface area contributed by atoms with E-state index in [1.807, 2.05) is 0 Å². The SMILES string of the molecule is COc1ccnc(C(=O)N2Cc3nc(C)n(C)c(=O)c3C2)c1. The van der Waals surface area contributed by atoms with Crippen LogP contribution in [0.15, 0.2) is 23.1 Å². The standard InChI is InChI=1S/C15H16N4O3/c1-9-17-13-8-19(7-11(13)14(20)18(9)2)15(21)12-6-10(22-3)4-5-16-12/h4-6H,7-8H2,1-3H3. The first-order valence-corrected chi connectivity index (χ1v) is 6.86. The molecule has 2 aromatic heterocycles. The van der Waals surface area contributed by atoms with Crippen molar-refractivity contribution in [3.05, 3.63) is 51.5 Å². The Labute approximate surface area is 127 Å². The zero-order chi connectivity index (χ0) is 15.9. The molecule has 114 valence electrons. The Balaban J connectivity index is 1.91. The van der Waals surface area contributed by atoms with E-state index in [4.69, 9.17) is 4.74 Å². The van der Waals surface area contributed by atoms with Gasteiger partial charge in [0, 0.05) is 19.3 Å². The molecule has 0 spiro atoms. The van der Waals surface area contributed by atoms with Crippen LogP contribution in [0, 0.1) is 6.92 Å². The number of rotatable bonds is 2. The van der Waals surface area contributed by atoms with Gasteiger partial charge in [-0.15, -0.1) is 0 Å². The molecule has 22 heavy (non-hydrogen) atoms. The molecule has 1 aliphatic heterocycles. The van der Waals surface area contributed by atoms with E-state index >= 15 is 0 Å². The molecule has 0 aromatic carbocycles. The summed E-state index contributed by atoms with van der Waals surface area (Å²) >= 11 is 0. The summed E-state index contributed by atoms with van der Waals surface area (Å²) in [6.45, 7) is 2.35. The lowest BCUT2D eigenvalue weighted by atomic mass is 10.2. The van der Waals surface area contributed by atoms with Gasteiger partial charge in [0.05, 0.1) is 31.5 Å². The van der Waals surface area contributed by atoms with E-state index in [0.29, 0.717) is 35.1 Å². The molecule has 0 saturated heterocycles. The summed E-state index contributed by atoms with van der Waals surface area (Å²) in [5.74, 6) is 0.967. The van der Waals surface area contributed by atoms with Crippen molar-refractivity contribution in [3.63, 3.8) is 0 Å². The maximum atomic E-state index is 12.5. The zero-order valence-electron chi connectivity index (χ0n) is 12.7. The van der Waals surface area contributed by atoms with Crippen LogP contribution in [0.25, 0.3) is 0 Å². The van der Waals surface area contributed by atoms with Crippen molar-refractivity contribution in [2.75, 3.05) is 7.11 Å². The highest BCUT2D eigenvalue weighted by Gasteiger charge is 2.29. The van der Waals surface area contributed by atoms with Crippen LogP contribution in [-0.4, -0.2) is 32.5 Å². The second-order valence-electron chi connectivity index (χ2n) is 5.19. The summed E-state index contributed by atoms with van der Waals surface area (Å²) in [7, 11) is 3.21. The van der Waals surface area contributed by atoms with Crippen LogP contribution in [0.5, 0.6) is 5.75 Å². The Bertz CT molecular complexity index is 813. The number of methoxy groups -OCH3 is 1. The molecule has 0 bridgehead atoms. The molecule has 0 N–H and O–H groups in total. The van der Waals surface area contributed by atoms with Gasteiger partial charge in [-0.05, 0) is 13.0 Å². The molecule has 2 aromatic rings. The van der Waals surface area contributed by atoms with Crippen LogP contribution < -0.4 is 10.3 Å². The Hall–Kier alpha value is -2.70. The highest BCUT2D eigenvalue weighted by atomic mass is 16.5. The first-order chi connectivity index (χ1) is 10.5. The van der Waals surface area contributed by atoms with E-state index in [-0.39, 0.29) is 18.0 Å². The van der Waals surface area contributed by atoms with Gasteiger partial charge in [0.25, 0.3) is 11.5 Å². The molecule has 0 saturated carbocycles. The van der Waals surface area contributed by atoms with Gasteiger partial charge in [-0.3, -0.25) is 19.1 Å². The number of hydrogen-bond donors (Lipinski definition) is 0. The minimum absolute atomic E-state index is 0.101. The lowest BCUT2D eigenvalue weighted by Crippen LogP contribution is -2.28. The van der Waals surface area contributed by atoms with Crippen molar-refractivity contribution in [2.24, 2.45) is 7.05 Å². The lowest BCUT2D eigenvalue weighted by Gasteiger charge is -2.14. The van der Waals surface area contributed by atoms with Crippen LogP contribution >= 0.6 is 0 Å². The van der Waals surface area contributed by atoms with E-state index in [1.165, 1.54) is 17.9 Å². The fraction of sp³-hybridized carbons (Fsp3) is 0.333. The highest BCUT2D eigenvalue weighted by molar-refractivity contribution is 5.92. The molecule has 7 heteroatoms. The summed E-state index contributed by atoms with van der Waals surface area (Å²) < 4.78 is 6.60. The highest BCUT2D eigenvalue weighted by Crippen LogP contribution is 2.21. The largest absolute Gasteiger partial charge is 0.497 e. The van der Waals surface area contributed by atoms with Crippen LogP contribution in [0.2, 0.25) is 0 Å². The fourth-order valence-corrected chi connectivity index (χ4v) is 2.49. The molecule has 3 rings (SSSR count). The monoisotopic (exact) mass is 300 g/mol. The summed E-state index contributed by atoms with van der Waals surface area (Å²) in [4.78, 5) is 34.8. The van der Waals surface area contributed by atoms with Gasteiger partial charge in [0.1, 0.15) is 17.3 Å². The number of aryl methyl sites for hydroxylation is 1. The number of carbonyl (C=O) groups is 1. The lowest BCUT2D eigenvalue weighted by molar-refractivity contribution is 0.0744. The third kappa shape index (κ3) is 2.24. The molecule has 0 unspecified atom stereocenters. The Morgan fingerprint density at radius 3 is 2.86 bits per heavy atom. The van der Waals surface area contributed by atoms with Crippen LogP contribution in [0.1, 0.15) is 27.6 Å². The number of hydrogen-bond acceptors (Lipinski definition) is 5. The number of amides is 1. The van der Waals surface area contributed by atoms with Crippen molar-refractivity contribution in [3.8, 4) is 5.75 Å². The van der Waals surface area contributed by atoms with E-state index in [1.54, 1.807) is 31.0 Å². The predicted molar refractivity (Wildman–Crippen MR) is 78.6 cm³/mol. The molecular formula is C15H16N4O3. The van der Waals surface area contributed by atoms with Gasteiger partial charge >= 0.3 is 0 Å². The number of carbonyl (C=O) groups excluding carboxylic acids is 1. The van der Waals surface area contributed by atoms with Crippen LogP contribution in [0.3, 0.4) is 0 Å². The van der Waals surface area contributed by atoms with Crippen molar-refractivity contribution in [2.45, 2.75) is 20.0 Å². The second kappa shape index (κ2) is 5.25. The Morgan fingerprint density at radius 1 is 1.36 bits per heavy atom. The Kier molecular flexibility index (Phi) is 3.40. The fourth-order valence-electron chi connectivity index (χ4n) is 2.49. The molecule has 1 aliphatic rings. The maximum absolute atomic E-state index is 12.5. The van der Waals surface area contributed by atoms with Crippen molar-refractivity contribution in [1.82, 2.24) is 19.4 Å². The first-order valence-electron chi connectivity index (χ1n) is 6.86. The second-order valence-corrected chi connectivity index (χ2v) is 5.19. The molecule has 7 nitrogen and oxygen atoms in total. The van der Waals surface area contributed by atoms with E-state index in [0.717, 1.165) is 0 Å². The van der Waals surface area contributed by atoms with Gasteiger partial charge in [-0.25, -0.2) is 4.98 Å². The number of aromatic nitrogens is 3. The number of pyridine rings is 1. The third-order valence-electron chi connectivity index (χ3n) is 3.86. The molecule has 0 aliphatic carbocycles. The van der Waals surface area contributed by atoms with E-state index in [9.17, 15) is 9.59 Å². The van der Waals surface area contributed by atoms with Crippen molar-refractivity contribution >= 4 is 5.91 Å². The molecule has 1 amide bonds. The molecule has 0 radical (unpaired) electrons. The average Bonchev–Trinajstić information content (AvgIpc) is 2.96. The average molecular weight is 300 g/mol. The minimum Gasteiger partial charge on any atom is -0.497 e. The quantitative estimate of drug-likeness (QED) is 0.814. The van der Waals surface area contributed by atoms with Crippen molar-refractivity contribution < 1.29 is 9.53 Å². The van der Waals surface area contributed by atoms with Crippen LogP contribution in [0.4, 0.5) is 0 Å². The van der Waals surface area contributed by atoms with E-state index in [2.05, 4.69) is 9.97 Å². The summed E-state index contributed by atoms with van der Waals surface area (Å²) in [5, 5.41) is 0. The van der Waals surface area contributed by atoms with Crippen LogP contribution in [-0.2, 0) is 20.1 Å². The summed E-state index contributed by atoms with van der Waals surface area (Å²) in [6, 6.07) is 3.26. The van der Waals surface area contributed by atoms with E-state index < -0.39 is 0 Å². The Morgan fingerprint density at radius 2 is 2.14 bits per heavy atom. The van der Waals surface area contributed by atoms with Gasteiger partial charge < -0.3 is 9.64 Å². The summed E-state index contributed by atoms with van der Waals surface area (Å²) in [6.07, 6.45) is 1.52. The van der Waals surface area contributed by atoms with Gasteiger partial charge in [0.15, 0.2) is 0 Å². The smallest absolute Gasteiger partial charge is 0.273 e. The normalized spacial score (nSPS) is 13.1. The van der Waals surface area contributed by atoms with Gasteiger partial charge in [-0.2, -0.15) is 0 Å². The number of fused-ring (bicyclic) bond motifs is 1. The topological polar surface area (TPSA) is 77.3 Å². The predicted octanol–water partition coefficient (Wildman–Crippen LogP) is 0.648. The van der Waals surface area contributed by atoms with Gasteiger partial charge in [0.2, 0.25) is 0 Å². The summed E-state index contributed by atoms with van der Waals surface area (Å²) in [5.41, 5.74) is 1.43. The van der Waals surface area contributed by atoms with Crippen molar-refractivity contribution in [1.29, 1.82) is 0 Å². The third-order valence-corrected chi connectivity index (χ3v) is 3.86. The molecule has 0 atom stereocenters. The molecule has 3 heterocycles. The number of ether oxygens (including phenoxy) is 1. The maximum Gasteiger partial charge on any atom is 0.273 e. The number of nitrogens with zero attached hydrogens (tertiary/aromatic N) is 4. The zero-order valence-corrected chi connectivity index (χ0v) is 12.7.